The molecule has 0 amide bonds. The molecule has 1 aromatic carbocycles. The number of nitrogens with two attached hydrogens (primary N) is 1. The van der Waals surface area contributed by atoms with Gasteiger partial charge in [0.1, 0.15) is 5.75 Å². The Balaban J connectivity index is 1.92. The van der Waals surface area contributed by atoms with Crippen molar-refractivity contribution in [1.82, 2.24) is 4.98 Å². The molecule has 0 fully saturated rings. The Bertz CT molecular complexity index is 488. The van der Waals surface area contributed by atoms with Crippen LogP contribution in [0.3, 0.4) is 0 Å². The number of aromatic nitrogens is 1. The second kappa shape index (κ2) is 5.55. The van der Waals surface area contributed by atoms with E-state index in [4.69, 9.17) is 22.1 Å². The summed E-state index contributed by atoms with van der Waals surface area (Å²) >= 11 is 5.87. The number of benzene rings is 1. The summed E-state index contributed by atoms with van der Waals surface area (Å²) in [7, 11) is 0. The molecule has 3 nitrogen and oxygen atoms in total. The van der Waals surface area contributed by atoms with Crippen molar-refractivity contribution in [2.75, 3.05) is 12.3 Å². The van der Waals surface area contributed by atoms with Crippen LogP contribution in [0.2, 0.25) is 5.02 Å². The van der Waals surface area contributed by atoms with Crippen molar-refractivity contribution in [2.24, 2.45) is 0 Å². The summed E-state index contributed by atoms with van der Waals surface area (Å²) in [6.07, 6.45) is 4.35. The van der Waals surface area contributed by atoms with Gasteiger partial charge in [0.05, 0.1) is 12.3 Å². The van der Waals surface area contributed by atoms with E-state index in [0.29, 0.717) is 23.1 Å². The van der Waals surface area contributed by atoms with Crippen LogP contribution in [-0.4, -0.2) is 11.6 Å². The van der Waals surface area contributed by atoms with Crippen molar-refractivity contribution >= 4 is 17.3 Å². The number of halogens is 1. The standard InChI is InChI=1S/C13H13ClN2O/c14-11-1-2-12(15)13(9-11)17-8-5-10-3-6-16-7-4-10/h1-4,6-7,9H,5,8,15H2. The smallest absolute Gasteiger partial charge is 0.143 e. The highest BCUT2D eigenvalue weighted by Crippen LogP contribution is 2.25. The summed E-state index contributed by atoms with van der Waals surface area (Å²) in [5, 5.41) is 0.623. The van der Waals surface area contributed by atoms with Crippen molar-refractivity contribution in [2.45, 2.75) is 6.42 Å². The largest absolute Gasteiger partial charge is 0.491 e. The molecule has 88 valence electrons. The predicted octanol–water partition coefficient (Wildman–Crippen LogP) is 2.94. The van der Waals surface area contributed by atoms with E-state index in [1.165, 1.54) is 5.56 Å². The number of anilines is 1. The third-order valence-electron chi connectivity index (χ3n) is 2.37. The molecule has 1 heterocycles. The number of pyridine rings is 1. The lowest BCUT2D eigenvalue weighted by Gasteiger charge is -2.09. The van der Waals surface area contributed by atoms with Crippen molar-refractivity contribution in [1.29, 1.82) is 0 Å². The molecular formula is C13H13ClN2O. The van der Waals surface area contributed by atoms with Gasteiger partial charge in [0.2, 0.25) is 0 Å². The molecule has 0 saturated heterocycles. The second-order valence-corrected chi connectivity index (χ2v) is 4.07. The summed E-state index contributed by atoms with van der Waals surface area (Å²) in [6, 6.07) is 9.13. The van der Waals surface area contributed by atoms with Gasteiger partial charge >= 0.3 is 0 Å². The third-order valence-corrected chi connectivity index (χ3v) is 2.61. The summed E-state index contributed by atoms with van der Waals surface area (Å²) in [5.74, 6) is 0.631. The lowest BCUT2D eigenvalue weighted by atomic mass is 10.2. The molecule has 4 heteroatoms. The fourth-order valence-corrected chi connectivity index (χ4v) is 1.62. The first kappa shape index (κ1) is 11.7. The Morgan fingerprint density at radius 1 is 1.18 bits per heavy atom. The van der Waals surface area contributed by atoms with Gasteiger partial charge in [-0.15, -0.1) is 0 Å². The number of hydrogen-bond acceptors (Lipinski definition) is 3. The highest BCUT2D eigenvalue weighted by Gasteiger charge is 2.01. The maximum Gasteiger partial charge on any atom is 0.143 e. The van der Waals surface area contributed by atoms with Crippen LogP contribution in [0.4, 0.5) is 5.69 Å². The van der Waals surface area contributed by atoms with E-state index >= 15 is 0 Å². The first-order chi connectivity index (χ1) is 8.25. The van der Waals surface area contributed by atoms with Crippen molar-refractivity contribution in [3.8, 4) is 5.75 Å². The van der Waals surface area contributed by atoms with Gasteiger partial charge in [-0.25, -0.2) is 0 Å². The second-order valence-electron chi connectivity index (χ2n) is 3.64. The topological polar surface area (TPSA) is 48.1 Å². The highest BCUT2D eigenvalue weighted by atomic mass is 35.5. The highest BCUT2D eigenvalue weighted by molar-refractivity contribution is 6.30. The summed E-state index contributed by atoms with van der Waals surface area (Å²) in [6.45, 7) is 0.564. The Morgan fingerprint density at radius 3 is 2.71 bits per heavy atom. The number of ether oxygens (including phenoxy) is 1. The number of rotatable bonds is 4. The van der Waals surface area contributed by atoms with Crippen molar-refractivity contribution < 1.29 is 4.74 Å². The number of hydrogen-bond donors (Lipinski definition) is 1. The molecule has 0 spiro atoms. The van der Waals surface area contributed by atoms with E-state index in [9.17, 15) is 0 Å². The van der Waals surface area contributed by atoms with Crippen LogP contribution in [0.15, 0.2) is 42.7 Å². The normalized spacial score (nSPS) is 10.2. The van der Waals surface area contributed by atoms with Crippen LogP contribution in [0.1, 0.15) is 5.56 Å². The molecule has 0 aliphatic carbocycles. The van der Waals surface area contributed by atoms with Crippen LogP contribution in [-0.2, 0) is 6.42 Å². The molecule has 2 rings (SSSR count). The Morgan fingerprint density at radius 2 is 1.94 bits per heavy atom. The van der Waals surface area contributed by atoms with E-state index < -0.39 is 0 Å². The van der Waals surface area contributed by atoms with Crippen LogP contribution < -0.4 is 10.5 Å². The Kier molecular flexibility index (Phi) is 3.83. The van der Waals surface area contributed by atoms with E-state index in [1.54, 1.807) is 30.6 Å². The van der Waals surface area contributed by atoms with E-state index in [2.05, 4.69) is 4.98 Å². The van der Waals surface area contributed by atoms with Gasteiger partial charge in [-0.3, -0.25) is 4.98 Å². The quantitative estimate of drug-likeness (QED) is 0.847. The first-order valence-corrected chi connectivity index (χ1v) is 5.70. The summed E-state index contributed by atoms with van der Waals surface area (Å²) in [4.78, 5) is 3.96. The molecule has 0 atom stereocenters. The van der Waals surface area contributed by atoms with Gasteiger partial charge in [0, 0.05) is 29.9 Å². The molecule has 1 aromatic heterocycles. The van der Waals surface area contributed by atoms with Gasteiger partial charge in [-0.1, -0.05) is 11.6 Å². The third kappa shape index (κ3) is 3.36. The molecule has 2 aromatic rings. The molecular weight excluding hydrogens is 236 g/mol. The van der Waals surface area contributed by atoms with Crippen molar-refractivity contribution in [3.05, 3.63) is 53.3 Å². The molecule has 0 unspecified atom stereocenters. The minimum Gasteiger partial charge on any atom is -0.491 e. The minimum atomic E-state index is 0.564. The van der Waals surface area contributed by atoms with Crippen LogP contribution in [0, 0.1) is 0 Å². The molecule has 0 aliphatic heterocycles. The van der Waals surface area contributed by atoms with Gasteiger partial charge in [0.25, 0.3) is 0 Å². The SMILES string of the molecule is Nc1ccc(Cl)cc1OCCc1ccncc1. The van der Waals surface area contributed by atoms with E-state index in [-0.39, 0.29) is 0 Å². The monoisotopic (exact) mass is 248 g/mol. The van der Waals surface area contributed by atoms with E-state index in [1.807, 2.05) is 12.1 Å². The maximum atomic E-state index is 5.87. The lowest BCUT2D eigenvalue weighted by molar-refractivity contribution is 0.323. The van der Waals surface area contributed by atoms with Gasteiger partial charge in [0.15, 0.2) is 0 Å². The van der Waals surface area contributed by atoms with Crippen molar-refractivity contribution in [3.63, 3.8) is 0 Å². The van der Waals surface area contributed by atoms with Gasteiger partial charge in [-0.05, 0) is 29.8 Å². The molecule has 0 radical (unpaired) electrons. The van der Waals surface area contributed by atoms with Crippen LogP contribution >= 0.6 is 11.6 Å². The molecule has 17 heavy (non-hydrogen) atoms. The van der Waals surface area contributed by atoms with Crippen LogP contribution in [0.25, 0.3) is 0 Å². The van der Waals surface area contributed by atoms with Crippen LogP contribution in [0.5, 0.6) is 5.75 Å². The van der Waals surface area contributed by atoms with Gasteiger partial charge in [-0.2, -0.15) is 0 Å². The molecule has 0 saturated carbocycles. The molecule has 2 N–H and O–H groups in total. The number of nitrogen functional groups attached to an aromatic ring is 1. The average Bonchev–Trinajstić information content (AvgIpc) is 2.35. The fourth-order valence-electron chi connectivity index (χ4n) is 1.46. The fraction of sp³-hybridized carbons (Fsp3) is 0.154. The Labute approximate surface area is 105 Å². The minimum absolute atomic E-state index is 0.564. The zero-order chi connectivity index (χ0) is 12.1. The van der Waals surface area contributed by atoms with E-state index in [0.717, 1.165) is 6.42 Å². The zero-order valence-electron chi connectivity index (χ0n) is 9.27. The maximum absolute atomic E-state index is 5.87. The average molecular weight is 249 g/mol. The zero-order valence-corrected chi connectivity index (χ0v) is 10.0. The summed E-state index contributed by atoms with van der Waals surface area (Å²) in [5.41, 5.74) is 7.56. The molecule has 0 bridgehead atoms. The first-order valence-electron chi connectivity index (χ1n) is 5.32. The molecule has 0 aliphatic rings. The predicted molar refractivity (Wildman–Crippen MR) is 69.3 cm³/mol. The van der Waals surface area contributed by atoms with Gasteiger partial charge < -0.3 is 10.5 Å². The Hall–Kier alpha value is -1.74. The number of nitrogens with zero attached hydrogens (tertiary/aromatic N) is 1. The lowest BCUT2D eigenvalue weighted by Crippen LogP contribution is -2.03. The summed E-state index contributed by atoms with van der Waals surface area (Å²) < 4.78 is 5.59.